The van der Waals surface area contributed by atoms with E-state index >= 15 is 0 Å². The monoisotopic (exact) mass is 252 g/mol. The highest BCUT2D eigenvalue weighted by molar-refractivity contribution is 9.10. The van der Waals surface area contributed by atoms with Crippen molar-refractivity contribution in [2.45, 2.75) is 20.3 Å². The number of benzene rings is 1. The zero-order valence-corrected chi connectivity index (χ0v) is 9.98. The van der Waals surface area contributed by atoms with Gasteiger partial charge in [0, 0.05) is 16.7 Å². The Morgan fingerprint density at radius 1 is 1.36 bits per heavy atom. The van der Waals surface area contributed by atoms with Crippen LogP contribution in [0.1, 0.15) is 17.5 Å². The molecule has 0 spiro atoms. The average Bonchev–Trinajstić information content (AvgIpc) is 2.09. The van der Waals surface area contributed by atoms with Crippen LogP contribution in [0.25, 0.3) is 0 Å². The lowest BCUT2D eigenvalue weighted by Gasteiger charge is -2.11. The van der Waals surface area contributed by atoms with Crippen molar-refractivity contribution in [3.8, 4) is 6.07 Å². The number of anilines is 1. The Balaban J connectivity index is 2.81. The molecule has 1 rings (SSSR count). The Hall–Kier alpha value is -1.01. The van der Waals surface area contributed by atoms with Crippen LogP contribution in [0.5, 0.6) is 0 Å². The second-order valence-corrected chi connectivity index (χ2v) is 4.17. The highest BCUT2D eigenvalue weighted by Crippen LogP contribution is 2.24. The Morgan fingerprint density at radius 2 is 1.93 bits per heavy atom. The maximum Gasteiger partial charge on any atom is 0.0640 e. The van der Waals surface area contributed by atoms with Crippen LogP contribution in [0, 0.1) is 25.2 Å². The zero-order valence-electron chi connectivity index (χ0n) is 8.39. The normalized spacial score (nSPS) is 9.57. The van der Waals surface area contributed by atoms with Crippen LogP contribution in [-0.2, 0) is 0 Å². The van der Waals surface area contributed by atoms with Gasteiger partial charge in [0.25, 0.3) is 0 Å². The molecule has 1 aromatic rings. The molecule has 2 nitrogen and oxygen atoms in total. The summed E-state index contributed by atoms with van der Waals surface area (Å²) in [4.78, 5) is 0. The minimum atomic E-state index is 0.537. The number of hydrogen-bond donors (Lipinski definition) is 1. The van der Waals surface area contributed by atoms with Gasteiger partial charge in [0.05, 0.1) is 12.5 Å². The van der Waals surface area contributed by atoms with Gasteiger partial charge in [0.15, 0.2) is 0 Å². The first-order valence-electron chi connectivity index (χ1n) is 4.52. The average molecular weight is 253 g/mol. The van der Waals surface area contributed by atoms with E-state index in [0.717, 1.165) is 10.2 Å². The number of nitrogens with one attached hydrogen (secondary N) is 1. The Kier molecular flexibility index (Phi) is 3.97. The lowest BCUT2D eigenvalue weighted by molar-refractivity contribution is 1.06. The molecule has 14 heavy (non-hydrogen) atoms. The molecule has 0 aliphatic rings. The topological polar surface area (TPSA) is 35.8 Å². The number of hydrogen-bond acceptors (Lipinski definition) is 2. The van der Waals surface area contributed by atoms with E-state index in [9.17, 15) is 0 Å². The van der Waals surface area contributed by atoms with E-state index in [1.54, 1.807) is 0 Å². The molecule has 3 heteroatoms. The van der Waals surface area contributed by atoms with Crippen molar-refractivity contribution in [2.24, 2.45) is 0 Å². The van der Waals surface area contributed by atoms with Crippen LogP contribution in [-0.4, -0.2) is 6.54 Å². The molecule has 1 N–H and O–H groups in total. The molecule has 0 heterocycles. The fraction of sp³-hybridized carbons (Fsp3) is 0.364. The number of nitrogens with zero attached hydrogens (tertiary/aromatic N) is 1. The van der Waals surface area contributed by atoms with Gasteiger partial charge >= 0.3 is 0 Å². The Morgan fingerprint density at radius 3 is 2.43 bits per heavy atom. The smallest absolute Gasteiger partial charge is 0.0640 e. The van der Waals surface area contributed by atoms with Crippen molar-refractivity contribution in [1.82, 2.24) is 0 Å². The SMILES string of the molecule is Cc1cc(Br)cc(C)c1NCCC#N. The number of aryl methyl sites for hydroxylation is 2. The summed E-state index contributed by atoms with van der Waals surface area (Å²) < 4.78 is 1.10. The van der Waals surface area contributed by atoms with Gasteiger partial charge in [-0.1, -0.05) is 15.9 Å². The van der Waals surface area contributed by atoms with Crippen molar-refractivity contribution in [3.05, 3.63) is 27.7 Å². The number of halogens is 1. The van der Waals surface area contributed by atoms with Crippen LogP contribution in [0.3, 0.4) is 0 Å². The fourth-order valence-electron chi connectivity index (χ4n) is 1.43. The minimum absolute atomic E-state index is 0.537. The van der Waals surface area contributed by atoms with Gasteiger partial charge in [-0.15, -0.1) is 0 Å². The molecule has 0 aliphatic carbocycles. The molecule has 0 atom stereocenters. The molecule has 0 fully saturated rings. The summed E-state index contributed by atoms with van der Waals surface area (Å²) >= 11 is 3.45. The fourth-order valence-corrected chi connectivity index (χ4v) is 2.12. The molecule has 0 radical (unpaired) electrons. The summed E-state index contributed by atoms with van der Waals surface area (Å²) in [7, 11) is 0. The van der Waals surface area contributed by atoms with E-state index in [2.05, 4.69) is 53.3 Å². The van der Waals surface area contributed by atoms with Crippen LogP contribution >= 0.6 is 15.9 Å². The molecular weight excluding hydrogens is 240 g/mol. The van der Waals surface area contributed by atoms with E-state index in [-0.39, 0.29) is 0 Å². The molecule has 0 saturated heterocycles. The van der Waals surface area contributed by atoms with Crippen molar-refractivity contribution >= 4 is 21.6 Å². The maximum atomic E-state index is 8.43. The summed E-state index contributed by atoms with van der Waals surface area (Å²) in [6.07, 6.45) is 0.537. The second-order valence-electron chi connectivity index (χ2n) is 3.25. The molecule has 0 aliphatic heterocycles. The first-order chi connectivity index (χ1) is 6.65. The maximum absolute atomic E-state index is 8.43. The predicted octanol–water partition coefficient (Wildman–Crippen LogP) is 3.39. The van der Waals surface area contributed by atoms with Crippen molar-refractivity contribution in [1.29, 1.82) is 5.26 Å². The van der Waals surface area contributed by atoms with Gasteiger partial charge in [-0.3, -0.25) is 0 Å². The first kappa shape index (κ1) is 11.1. The minimum Gasteiger partial charge on any atom is -0.384 e. The van der Waals surface area contributed by atoms with Gasteiger partial charge in [-0.2, -0.15) is 5.26 Å². The third-order valence-electron chi connectivity index (χ3n) is 2.04. The van der Waals surface area contributed by atoms with Crippen LogP contribution in [0.4, 0.5) is 5.69 Å². The lowest BCUT2D eigenvalue weighted by atomic mass is 10.1. The second kappa shape index (κ2) is 5.02. The molecule has 0 aromatic heterocycles. The van der Waals surface area contributed by atoms with E-state index in [0.29, 0.717) is 13.0 Å². The van der Waals surface area contributed by atoms with Gasteiger partial charge in [0.2, 0.25) is 0 Å². The first-order valence-corrected chi connectivity index (χ1v) is 5.32. The van der Waals surface area contributed by atoms with Crippen molar-refractivity contribution in [2.75, 3.05) is 11.9 Å². The number of rotatable bonds is 3. The summed E-state index contributed by atoms with van der Waals surface area (Å²) in [6, 6.07) is 6.26. The molecular formula is C11H13BrN2. The molecule has 0 saturated carbocycles. The van der Waals surface area contributed by atoms with Crippen molar-refractivity contribution in [3.63, 3.8) is 0 Å². The highest BCUT2D eigenvalue weighted by atomic mass is 79.9. The molecule has 74 valence electrons. The number of nitriles is 1. The van der Waals surface area contributed by atoms with Gasteiger partial charge in [-0.25, -0.2) is 0 Å². The Bertz CT molecular complexity index is 343. The highest BCUT2D eigenvalue weighted by Gasteiger charge is 2.02. The lowest BCUT2D eigenvalue weighted by Crippen LogP contribution is -2.03. The standard InChI is InChI=1S/C11H13BrN2/c1-8-6-10(12)7-9(2)11(8)14-5-3-4-13/h6-7,14H,3,5H2,1-2H3. The summed E-state index contributed by atoms with van der Waals surface area (Å²) in [5.74, 6) is 0. The molecule has 0 amide bonds. The summed E-state index contributed by atoms with van der Waals surface area (Å²) in [6.45, 7) is 4.83. The van der Waals surface area contributed by atoms with E-state index < -0.39 is 0 Å². The predicted molar refractivity (Wildman–Crippen MR) is 62.3 cm³/mol. The van der Waals surface area contributed by atoms with E-state index in [4.69, 9.17) is 5.26 Å². The van der Waals surface area contributed by atoms with Gasteiger partial charge in [0.1, 0.15) is 0 Å². The largest absolute Gasteiger partial charge is 0.384 e. The quantitative estimate of drug-likeness (QED) is 0.838. The Labute approximate surface area is 93.1 Å². The van der Waals surface area contributed by atoms with Crippen LogP contribution in [0.15, 0.2) is 16.6 Å². The zero-order chi connectivity index (χ0) is 10.6. The van der Waals surface area contributed by atoms with Gasteiger partial charge < -0.3 is 5.32 Å². The molecule has 1 aromatic carbocycles. The molecule has 0 bridgehead atoms. The van der Waals surface area contributed by atoms with E-state index in [1.165, 1.54) is 11.1 Å². The summed E-state index contributed by atoms with van der Waals surface area (Å²) in [5, 5.41) is 11.7. The van der Waals surface area contributed by atoms with Gasteiger partial charge in [-0.05, 0) is 37.1 Å². The third-order valence-corrected chi connectivity index (χ3v) is 2.49. The van der Waals surface area contributed by atoms with Crippen LogP contribution in [0.2, 0.25) is 0 Å². The summed E-state index contributed by atoms with van der Waals surface area (Å²) in [5.41, 5.74) is 3.55. The van der Waals surface area contributed by atoms with Crippen molar-refractivity contribution < 1.29 is 0 Å². The van der Waals surface area contributed by atoms with Crippen LogP contribution < -0.4 is 5.32 Å². The van der Waals surface area contributed by atoms with E-state index in [1.807, 2.05) is 0 Å². The third kappa shape index (κ3) is 2.74. The molecule has 0 unspecified atom stereocenters.